The Kier molecular flexibility index (Phi) is 6.18. The summed E-state index contributed by atoms with van der Waals surface area (Å²) in [5.41, 5.74) is 2.24. The van der Waals surface area contributed by atoms with E-state index in [0.29, 0.717) is 35.9 Å². The molecule has 0 saturated carbocycles. The molecule has 0 spiro atoms. The summed E-state index contributed by atoms with van der Waals surface area (Å²) in [6.45, 7) is 1.80. The molecule has 1 fully saturated rings. The molecule has 0 aromatic heterocycles. The van der Waals surface area contributed by atoms with E-state index in [4.69, 9.17) is 11.6 Å². The molecular weight excluding hydrogens is 417 g/mol. The zero-order chi connectivity index (χ0) is 21.8. The molecule has 5 nitrogen and oxygen atoms in total. The van der Waals surface area contributed by atoms with Gasteiger partial charge in [-0.1, -0.05) is 35.9 Å². The minimum absolute atomic E-state index is 0.0789. The van der Waals surface area contributed by atoms with Crippen molar-refractivity contribution in [1.29, 1.82) is 0 Å². The Balaban J connectivity index is 1.44. The van der Waals surface area contributed by atoms with Gasteiger partial charge in [-0.15, -0.1) is 0 Å². The van der Waals surface area contributed by atoms with Gasteiger partial charge in [0.2, 0.25) is 0 Å². The summed E-state index contributed by atoms with van der Waals surface area (Å²) in [6, 6.07) is 20.1. The van der Waals surface area contributed by atoms with Crippen LogP contribution in [0, 0.1) is 5.82 Å². The number of nitrogens with one attached hydrogen (secondary N) is 1. The molecule has 1 aliphatic rings. The molecule has 158 valence electrons. The molecule has 7 heteroatoms. The van der Waals surface area contributed by atoms with Crippen LogP contribution in [0.3, 0.4) is 0 Å². The highest BCUT2D eigenvalue weighted by Gasteiger charge is 2.27. The molecule has 0 aliphatic carbocycles. The van der Waals surface area contributed by atoms with Crippen molar-refractivity contribution in [3.8, 4) is 0 Å². The lowest BCUT2D eigenvalue weighted by Gasteiger charge is -2.35. The largest absolute Gasteiger partial charge is 0.324 e. The molecule has 3 aromatic carbocycles. The molecular formula is C24H21ClFN3O2. The first kappa shape index (κ1) is 20.9. The number of hydrogen-bond acceptors (Lipinski definition) is 2. The van der Waals surface area contributed by atoms with Crippen LogP contribution in [-0.4, -0.2) is 29.9 Å². The van der Waals surface area contributed by atoms with Crippen molar-refractivity contribution in [2.24, 2.45) is 0 Å². The second-order valence-corrected chi connectivity index (χ2v) is 7.75. The average Bonchev–Trinajstić information content (AvgIpc) is 2.78. The van der Waals surface area contributed by atoms with Gasteiger partial charge in [-0.25, -0.2) is 9.18 Å². The predicted molar refractivity (Wildman–Crippen MR) is 120 cm³/mol. The number of hydrogen-bond donors (Lipinski definition) is 1. The van der Waals surface area contributed by atoms with Gasteiger partial charge in [0.1, 0.15) is 5.82 Å². The van der Waals surface area contributed by atoms with Gasteiger partial charge in [0.15, 0.2) is 0 Å². The highest BCUT2D eigenvalue weighted by atomic mass is 35.5. The number of rotatable bonds is 5. The van der Waals surface area contributed by atoms with Crippen molar-refractivity contribution in [3.63, 3.8) is 0 Å². The van der Waals surface area contributed by atoms with Crippen LogP contribution in [0.25, 0.3) is 0 Å². The fourth-order valence-corrected chi connectivity index (χ4v) is 3.65. The molecule has 0 atom stereocenters. The van der Waals surface area contributed by atoms with Crippen LogP contribution >= 0.6 is 11.6 Å². The summed E-state index contributed by atoms with van der Waals surface area (Å²) in [7, 11) is 0. The zero-order valence-electron chi connectivity index (χ0n) is 16.7. The number of urea groups is 1. The number of amides is 3. The van der Waals surface area contributed by atoms with Crippen molar-refractivity contribution in [2.45, 2.75) is 13.0 Å². The van der Waals surface area contributed by atoms with Gasteiger partial charge in [-0.2, -0.15) is 0 Å². The maximum atomic E-state index is 13.8. The maximum Gasteiger partial charge on any atom is 0.324 e. The van der Waals surface area contributed by atoms with E-state index in [2.05, 4.69) is 5.32 Å². The molecule has 0 bridgehead atoms. The SMILES string of the molecule is O=C(Nc1ccccc1F)c1ccc(N2CCCN(Cc3ccc(Cl)cc3)C2=O)cc1. The second-order valence-electron chi connectivity index (χ2n) is 7.32. The maximum absolute atomic E-state index is 13.8. The van der Waals surface area contributed by atoms with Gasteiger partial charge in [0, 0.05) is 35.9 Å². The van der Waals surface area contributed by atoms with Crippen LogP contribution in [0.2, 0.25) is 5.02 Å². The van der Waals surface area contributed by atoms with Crippen molar-refractivity contribution >= 4 is 34.9 Å². The lowest BCUT2D eigenvalue weighted by molar-refractivity contribution is 0.102. The first-order chi connectivity index (χ1) is 15.0. The van der Waals surface area contributed by atoms with E-state index in [1.807, 2.05) is 24.3 Å². The molecule has 1 heterocycles. The Morgan fingerprint density at radius 3 is 2.39 bits per heavy atom. The first-order valence-corrected chi connectivity index (χ1v) is 10.4. The van der Waals surface area contributed by atoms with E-state index in [9.17, 15) is 14.0 Å². The number of carbonyl (C=O) groups excluding carboxylic acids is 2. The molecule has 1 saturated heterocycles. The van der Waals surface area contributed by atoms with Crippen LogP contribution in [0.5, 0.6) is 0 Å². The van der Waals surface area contributed by atoms with E-state index < -0.39 is 11.7 Å². The number of para-hydroxylation sites is 1. The highest BCUT2D eigenvalue weighted by Crippen LogP contribution is 2.23. The van der Waals surface area contributed by atoms with Crippen LogP contribution in [-0.2, 0) is 6.54 Å². The summed E-state index contributed by atoms with van der Waals surface area (Å²) < 4.78 is 13.8. The number of halogens is 2. The third kappa shape index (κ3) is 4.86. The Labute approximate surface area is 185 Å². The molecule has 1 N–H and O–H groups in total. The van der Waals surface area contributed by atoms with Crippen LogP contribution in [0.1, 0.15) is 22.3 Å². The van der Waals surface area contributed by atoms with Crippen molar-refractivity contribution < 1.29 is 14.0 Å². The Bertz CT molecular complexity index is 1090. The number of nitrogens with zero attached hydrogens (tertiary/aromatic N) is 2. The molecule has 31 heavy (non-hydrogen) atoms. The number of benzene rings is 3. The molecule has 4 rings (SSSR count). The standard InChI is InChI=1S/C24H21ClFN3O2/c25-19-10-6-17(7-11-19)16-28-14-3-15-29(24(28)31)20-12-8-18(9-13-20)23(30)27-22-5-2-1-4-21(22)26/h1-2,4-13H,3,14-16H2,(H,27,30). The lowest BCUT2D eigenvalue weighted by atomic mass is 10.1. The van der Waals surface area contributed by atoms with Crippen LogP contribution in [0.4, 0.5) is 20.6 Å². The van der Waals surface area contributed by atoms with Gasteiger partial charge in [-0.3, -0.25) is 9.69 Å². The Hall–Kier alpha value is -3.38. The van der Waals surface area contributed by atoms with E-state index in [1.165, 1.54) is 12.1 Å². The fraction of sp³-hybridized carbons (Fsp3) is 0.167. The summed E-state index contributed by atoms with van der Waals surface area (Å²) in [5.74, 6) is -0.904. The first-order valence-electron chi connectivity index (χ1n) is 9.98. The highest BCUT2D eigenvalue weighted by molar-refractivity contribution is 6.30. The Morgan fingerprint density at radius 2 is 1.68 bits per heavy atom. The van der Waals surface area contributed by atoms with Gasteiger partial charge in [0.05, 0.1) is 5.69 Å². The van der Waals surface area contributed by atoms with Crippen LogP contribution < -0.4 is 10.2 Å². The van der Waals surface area contributed by atoms with Crippen molar-refractivity contribution in [3.05, 3.63) is 94.8 Å². The van der Waals surface area contributed by atoms with E-state index >= 15 is 0 Å². The quantitative estimate of drug-likeness (QED) is 0.567. The van der Waals surface area contributed by atoms with E-state index in [0.717, 1.165) is 12.0 Å². The molecule has 0 radical (unpaired) electrons. The second kappa shape index (κ2) is 9.18. The third-order valence-corrected chi connectivity index (χ3v) is 5.41. The summed E-state index contributed by atoms with van der Waals surface area (Å²) in [5, 5.41) is 3.22. The van der Waals surface area contributed by atoms with Gasteiger partial charge in [0.25, 0.3) is 5.91 Å². The van der Waals surface area contributed by atoms with Gasteiger partial charge >= 0.3 is 6.03 Å². The van der Waals surface area contributed by atoms with E-state index in [-0.39, 0.29) is 11.7 Å². The monoisotopic (exact) mass is 437 g/mol. The fourth-order valence-electron chi connectivity index (χ4n) is 3.53. The lowest BCUT2D eigenvalue weighted by Crippen LogP contribution is -2.49. The topological polar surface area (TPSA) is 52.7 Å². The normalized spacial score (nSPS) is 13.9. The van der Waals surface area contributed by atoms with Crippen molar-refractivity contribution in [1.82, 2.24) is 4.90 Å². The van der Waals surface area contributed by atoms with Gasteiger partial charge in [-0.05, 0) is 60.5 Å². The summed E-state index contributed by atoms with van der Waals surface area (Å²) >= 11 is 5.94. The average molecular weight is 438 g/mol. The van der Waals surface area contributed by atoms with Crippen molar-refractivity contribution in [2.75, 3.05) is 23.3 Å². The summed E-state index contributed by atoms with van der Waals surface area (Å²) in [4.78, 5) is 28.9. The van der Waals surface area contributed by atoms with Crippen LogP contribution in [0.15, 0.2) is 72.8 Å². The minimum Gasteiger partial charge on any atom is -0.320 e. The smallest absolute Gasteiger partial charge is 0.320 e. The third-order valence-electron chi connectivity index (χ3n) is 5.16. The molecule has 1 aliphatic heterocycles. The number of anilines is 2. The molecule has 0 unspecified atom stereocenters. The summed E-state index contributed by atoms with van der Waals surface area (Å²) in [6.07, 6.45) is 0.842. The molecule has 3 aromatic rings. The molecule has 3 amide bonds. The zero-order valence-corrected chi connectivity index (χ0v) is 17.5. The Morgan fingerprint density at radius 1 is 0.968 bits per heavy atom. The predicted octanol–water partition coefficient (Wildman–Crippen LogP) is 5.56. The minimum atomic E-state index is -0.493. The number of carbonyl (C=O) groups is 2. The van der Waals surface area contributed by atoms with E-state index in [1.54, 1.807) is 46.2 Å². The van der Waals surface area contributed by atoms with Gasteiger partial charge < -0.3 is 10.2 Å².